The number of aliphatic carboxylic acids is 1. The van der Waals surface area contributed by atoms with Gasteiger partial charge in [0.2, 0.25) is 0 Å². The van der Waals surface area contributed by atoms with E-state index in [4.69, 9.17) is 5.11 Å². The average Bonchev–Trinajstić information content (AvgIpc) is 2.81. The molecule has 1 N–H and O–H groups in total. The highest BCUT2D eigenvalue weighted by Crippen LogP contribution is 2.10. The van der Waals surface area contributed by atoms with Crippen molar-refractivity contribution >= 4 is 11.8 Å². The van der Waals surface area contributed by atoms with Crippen LogP contribution in [0.2, 0.25) is 0 Å². The topological polar surface area (TPSA) is 72.2 Å². The zero-order valence-corrected chi connectivity index (χ0v) is 8.20. The Morgan fingerprint density at radius 1 is 1.31 bits per heavy atom. The van der Waals surface area contributed by atoms with Gasteiger partial charge in [0, 0.05) is 23.6 Å². The second-order valence-corrected chi connectivity index (χ2v) is 3.15. The van der Waals surface area contributed by atoms with Gasteiger partial charge in [-0.25, -0.2) is 9.78 Å². The van der Waals surface area contributed by atoms with Crippen molar-refractivity contribution in [2.45, 2.75) is 0 Å². The van der Waals surface area contributed by atoms with Crippen molar-refractivity contribution in [2.75, 3.05) is 0 Å². The second kappa shape index (κ2) is 3.98. The maximum atomic E-state index is 11.2. The molecule has 1 heterocycles. The first-order chi connectivity index (χ1) is 7.68. The zero-order chi connectivity index (χ0) is 11.5. The summed E-state index contributed by atoms with van der Waals surface area (Å²) in [7, 11) is 0. The highest BCUT2D eigenvalue weighted by molar-refractivity contribution is 6.39. The molecule has 0 amide bonds. The number of benzene rings is 1. The van der Waals surface area contributed by atoms with Crippen LogP contribution in [-0.4, -0.2) is 26.4 Å². The number of carbonyl (C=O) groups is 2. The van der Waals surface area contributed by atoms with Gasteiger partial charge in [0.05, 0.1) is 6.33 Å². The molecule has 0 atom stereocenters. The van der Waals surface area contributed by atoms with Crippen LogP contribution in [0.25, 0.3) is 5.69 Å². The minimum absolute atomic E-state index is 0.152. The number of ketones is 1. The van der Waals surface area contributed by atoms with Crippen LogP contribution < -0.4 is 0 Å². The van der Waals surface area contributed by atoms with Crippen molar-refractivity contribution < 1.29 is 14.7 Å². The number of carboxylic acid groups (broad SMARTS) is 1. The summed E-state index contributed by atoms with van der Waals surface area (Å²) < 4.78 is 1.69. The lowest BCUT2D eigenvalue weighted by Gasteiger charge is -2.03. The minimum Gasteiger partial charge on any atom is -0.475 e. The van der Waals surface area contributed by atoms with Gasteiger partial charge < -0.3 is 9.67 Å². The summed E-state index contributed by atoms with van der Waals surface area (Å²) in [4.78, 5) is 25.6. The summed E-state index contributed by atoms with van der Waals surface area (Å²) in [5, 5.41) is 8.59. The van der Waals surface area contributed by atoms with E-state index in [2.05, 4.69) is 4.98 Å². The van der Waals surface area contributed by atoms with Crippen LogP contribution in [0.5, 0.6) is 0 Å². The molecule has 0 fully saturated rings. The third-order valence-corrected chi connectivity index (χ3v) is 2.11. The quantitative estimate of drug-likeness (QED) is 0.616. The molecule has 2 rings (SSSR count). The number of Topliss-reactive ketones (excluding diaryl/α,β-unsaturated/α-hetero) is 1. The number of aromatic nitrogens is 2. The summed E-state index contributed by atoms with van der Waals surface area (Å²) in [6.07, 6.45) is 4.89. The first kappa shape index (κ1) is 10.1. The van der Waals surface area contributed by atoms with Gasteiger partial charge in [-0.2, -0.15) is 0 Å². The van der Waals surface area contributed by atoms with Crippen molar-refractivity contribution in [3.8, 4) is 5.69 Å². The molecule has 16 heavy (non-hydrogen) atoms. The Labute approximate surface area is 91.0 Å². The van der Waals surface area contributed by atoms with Gasteiger partial charge >= 0.3 is 5.97 Å². The van der Waals surface area contributed by atoms with Gasteiger partial charge in [-0.3, -0.25) is 4.79 Å². The molecule has 0 bridgehead atoms. The average molecular weight is 216 g/mol. The Morgan fingerprint density at radius 2 is 2.12 bits per heavy atom. The Kier molecular flexibility index (Phi) is 2.51. The smallest absolute Gasteiger partial charge is 0.377 e. The van der Waals surface area contributed by atoms with Crippen LogP contribution in [0.1, 0.15) is 10.4 Å². The maximum Gasteiger partial charge on any atom is 0.377 e. The predicted molar refractivity (Wildman–Crippen MR) is 55.5 cm³/mol. The second-order valence-electron chi connectivity index (χ2n) is 3.15. The van der Waals surface area contributed by atoms with Gasteiger partial charge in [-0.05, 0) is 12.1 Å². The molecule has 5 heteroatoms. The zero-order valence-electron chi connectivity index (χ0n) is 8.20. The first-order valence-corrected chi connectivity index (χ1v) is 4.54. The number of hydrogen-bond acceptors (Lipinski definition) is 3. The fourth-order valence-electron chi connectivity index (χ4n) is 1.34. The molecule has 0 unspecified atom stereocenters. The molecule has 5 nitrogen and oxygen atoms in total. The molecule has 0 saturated heterocycles. The molecule has 0 aliphatic rings. The van der Waals surface area contributed by atoms with Crippen LogP contribution in [0, 0.1) is 0 Å². The summed E-state index contributed by atoms with van der Waals surface area (Å²) in [6, 6.07) is 6.38. The third-order valence-electron chi connectivity index (χ3n) is 2.11. The van der Waals surface area contributed by atoms with E-state index in [-0.39, 0.29) is 5.56 Å². The number of carboxylic acids is 1. The molecule has 1 aromatic heterocycles. The van der Waals surface area contributed by atoms with Gasteiger partial charge in [-0.15, -0.1) is 0 Å². The summed E-state index contributed by atoms with van der Waals surface area (Å²) in [6.45, 7) is 0. The van der Waals surface area contributed by atoms with E-state index < -0.39 is 11.8 Å². The third kappa shape index (κ3) is 1.83. The lowest BCUT2D eigenvalue weighted by atomic mass is 10.1. The highest BCUT2D eigenvalue weighted by Gasteiger charge is 2.14. The Morgan fingerprint density at radius 3 is 2.75 bits per heavy atom. The standard InChI is InChI=1S/C11H8N2O3/c14-10(11(15)16)8-2-1-3-9(6-8)13-5-4-12-7-13/h1-7H,(H,15,16). The number of nitrogens with zero attached hydrogens (tertiary/aromatic N) is 2. The van der Waals surface area contributed by atoms with Crippen LogP contribution in [0.3, 0.4) is 0 Å². The maximum absolute atomic E-state index is 11.2. The van der Waals surface area contributed by atoms with Crippen LogP contribution in [0.4, 0.5) is 0 Å². The summed E-state index contributed by atoms with van der Waals surface area (Å²) in [5.74, 6) is -2.37. The predicted octanol–water partition coefficient (Wildman–Crippen LogP) is 1.14. The van der Waals surface area contributed by atoms with E-state index >= 15 is 0 Å². The molecule has 80 valence electrons. The first-order valence-electron chi connectivity index (χ1n) is 4.54. The Bertz CT molecular complexity index is 532. The highest BCUT2D eigenvalue weighted by atomic mass is 16.4. The van der Waals surface area contributed by atoms with E-state index in [0.717, 1.165) is 0 Å². The molecule has 0 aliphatic carbocycles. The summed E-state index contributed by atoms with van der Waals surface area (Å²) in [5.41, 5.74) is 0.850. The van der Waals surface area contributed by atoms with E-state index in [1.165, 1.54) is 12.1 Å². The largest absolute Gasteiger partial charge is 0.475 e. The van der Waals surface area contributed by atoms with Gasteiger partial charge in [0.15, 0.2) is 0 Å². The number of imidazole rings is 1. The van der Waals surface area contributed by atoms with E-state index in [9.17, 15) is 9.59 Å². The van der Waals surface area contributed by atoms with Crippen LogP contribution in [0.15, 0.2) is 43.0 Å². The lowest BCUT2D eigenvalue weighted by Crippen LogP contribution is -2.12. The van der Waals surface area contributed by atoms with E-state index in [1.54, 1.807) is 35.4 Å². The monoisotopic (exact) mass is 216 g/mol. The molecule has 0 spiro atoms. The van der Waals surface area contributed by atoms with E-state index in [1.807, 2.05) is 0 Å². The number of hydrogen-bond donors (Lipinski definition) is 1. The molecular formula is C11H8N2O3. The van der Waals surface area contributed by atoms with Crippen molar-refractivity contribution in [3.63, 3.8) is 0 Å². The Balaban J connectivity index is 2.41. The summed E-state index contributed by atoms with van der Waals surface area (Å²) >= 11 is 0. The molecular weight excluding hydrogens is 208 g/mol. The molecule has 0 radical (unpaired) electrons. The van der Waals surface area contributed by atoms with Crippen molar-refractivity contribution in [1.29, 1.82) is 0 Å². The van der Waals surface area contributed by atoms with Gasteiger partial charge in [-0.1, -0.05) is 12.1 Å². The number of rotatable bonds is 3. The van der Waals surface area contributed by atoms with Crippen molar-refractivity contribution in [2.24, 2.45) is 0 Å². The molecule has 2 aromatic rings. The molecule has 1 aromatic carbocycles. The van der Waals surface area contributed by atoms with Crippen molar-refractivity contribution in [1.82, 2.24) is 9.55 Å². The minimum atomic E-state index is -1.46. The van der Waals surface area contributed by atoms with Crippen LogP contribution in [-0.2, 0) is 4.79 Å². The molecule has 0 saturated carbocycles. The van der Waals surface area contributed by atoms with Gasteiger partial charge in [0.1, 0.15) is 0 Å². The molecule has 0 aliphatic heterocycles. The number of carbonyl (C=O) groups excluding carboxylic acids is 1. The van der Waals surface area contributed by atoms with Crippen molar-refractivity contribution in [3.05, 3.63) is 48.5 Å². The fraction of sp³-hybridized carbons (Fsp3) is 0. The fourth-order valence-corrected chi connectivity index (χ4v) is 1.34. The van der Waals surface area contributed by atoms with E-state index in [0.29, 0.717) is 5.69 Å². The Hall–Kier alpha value is -2.43. The normalized spacial score (nSPS) is 10.0. The lowest BCUT2D eigenvalue weighted by molar-refractivity contribution is -0.131. The van der Waals surface area contributed by atoms with Crippen LogP contribution >= 0.6 is 0 Å². The van der Waals surface area contributed by atoms with Gasteiger partial charge in [0.25, 0.3) is 5.78 Å². The SMILES string of the molecule is O=C(O)C(=O)c1cccc(-n2ccnc2)c1.